The number of hydrogen-bond acceptors (Lipinski definition) is 6. The monoisotopic (exact) mass is 447 g/mol. The van der Waals surface area contributed by atoms with Crippen LogP contribution in [0, 0.1) is 0 Å². The molecule has 6 nitrogen and oxygen atoms in total. The van der Waals surface area contributed by atoms with Gasteiger partial charge in [0.2, 0.25) is 11.7 Å². The second kappa shape index (κ2) is 8.02. The minimum Gasteiger partial charge on any atom is -0.493 e. The molecule has 0 aliphatic carbocycles. The van der Waals surface area contributed by atoms with E-state index in [2.05, 4.69) is 9.46 Å². The molecule has 1 aromatic carbocycles. The Hall–Kier alpha value is -2.01. The number of benzene rings is 1. The molecule has 0 unspecified atom stereocenters. The number of halogens is 3. The van der Waals surface area contributed by atoms with Crippen molar-refractivity contribution in [3.05, 3.63) is 35.0 Å². The highest BCUT2D eigenvalue weighted by atomic mass is 32.2. The summed E-state index contributed by atoms with van der Waals surface area (Å²) < 4.78 is 59.2. The number of aromatic nitrogens is 2. The summed E-state index contributed by atoms with van der Waals surface area (Å²) in [5, 5.41) is 13.8. The third-order valence-electron chi connectivity index (χ3n) is 4.72. The Labute approximate surface area is 170 Å². The van der Waals surface area contributed by atoms with Gasteiger partial charge in [-0.2, -0.15) is 22.6 Å². The molecule has 29 heavy (non-hydrogen) atoms. The Morgan fingerprint density at radius 2 is 1.90 bits per heavy atom. The Bertz CT molecular complexity index is 1060. The maximum atomic E-state index is 13.7. The average Bonchev–Trinajstić information content (AvgIpc) is 2.99. The van der Waals surface area contributed by atoms with Gasteiger partial charge in [0.15, 0.2) is 0 Å². The van der Waals surface area contributed by atoms with Crippen molar-refractivity contribution in [1.29, 1.82) is 0 Å². The Balaban J connectivity index is 2.25. The van der Waals surface area contributed by atoms with Gasteiger partial charge in [0.25, 0.3) is 0 Å². The summed E-state index contributed by atoms with van der Waals surface area (Å²) in [5.74, 6) is -0.596. The highest BCUT2D eigenvalue weighted by molar-refractivity contribution is 7.99. The van der Waals surface area contributed by atoms with Gasteiger partial charge in [0, 0.05) is 29.0 Å². The van der Waals surface area contributed by atoms with E-state index in [9.17, 15) is 27.3 Å². The molecule has 2 heterocycles. The molecule has 0 atom stereocenters. The number of carbonyl (C=O) groups is 1. The molecule has 1 saturated heterocycles. The highest BCUT2D eigenvalue weighted by Gasteiger charge is 2.37. The van der Waals surface area contributed by atoms with Crippen molar-refractivity contribution < 1.29 is 27.3 Å². The van der Waals surface area contributed by atoms with E-state index in [1.54, 1.807) is 0 Å². The predicted octanol–water partition coefficient (Wildman–Crippen LogP) is 4.38. The summed E-state index contributed by atoms with van der Waals surface area (Å²) in [6.45, 7) is 0. The van der Waals surface area contributed by atoms with Crippen molar-refractivity contribution >= 4 is 33.0 Å². The van der Waals surface area contributed by atoms with Crippen LogP contribution in [-0.2, 0) is 23.0 Å². The number of nitrogens with zero attached hydrogens (tertiary/aromatic N) is 3. The van der Waals surface area contributed by atoms with Crippen LogP contribution in [0.25, 0.3) is 0 Å². The molecule has 1 aromatic heterocycles. The second-order valence-electron chi connectivity index (χ2n) is 6.71. The molecule has 0 radical (unpaired) electrons. The molecule has 2 aromatic rings. The fourth-order valence-electron chi connectivity index (χ4n) is 3.20. The molecule has 1 fully saturated rings. The van der Waals surface area contributed by atoms with E-state index in [1.165, 1.54) is 13.3 Å². The van der Waals surface area contributed by atoms with Crippen LogP contribution >= 0.6 is 11.8 Å². The zero-order valence-corrected chi connectivity index (χ0v) is 17.5. The van der Waals surface area contributed by atoms with Crippen LogP contribution in [0.5, 0.6) is 5.88 Å². The first-order valence-corrected chi connectivity index (χ1v) is 11.9. The Morgan fingerprint density at radius 3 is 2.41 bits per heavy atom. The van der Waals surface area contributed by atoms with E-state index in [0.717, 1.165) is 41.2 Å². The molecule has 0 saturated carbocycles. The van der Waals surface area contributed by atoms with Crippen LogP contribution in [0.2, 0.25) is 0 Å². The molecule has 3 rings (SSSR count). The summed E-state index contributed by atoms with van der Waals surface area (Å²) in [6.07, 6.45) is 0.110. The molecule has 1 aliphatic rings. The third kappa shape index (κ3) is 4.30. The summed E-state index contributed by atoms with van der Waals surface area (Å²) in [5.41, 5.74) is -1.67. The van der Waals surface area contributed by atoms with E-state index in [1.807, 2.05) is 0 Å². The lowest BCUT2D eigenvalue weighted by Crippen LogP contribution is -2.17. The van der Waals surface area contributed by atoms with Gasteiger partial charge >= 0.3 is 6.18 Å². The van der Waals surface area contributed by atoms with Crippen LogP contribution in [0.3, 0.4) is 0 Å². The molecule has 1 N–H and O–H groups in total. The first-order chi connectivity index (χ1) is 13.6. The molecule has 0 bridgehead atoms. The number of thioether (sulfide) groups is 1. The lowest BCUT2D eigenvalue weighted by molar-refractivity contribution is -0.137. The largest absolute Gasteiger partial charge is 0.493 e. The zero-order chi connectivity index (χ0) is 21.4. The van der Waals surface area contributed by atoms with Gasteiger partial charge in [-0.15, -0.1) is 11.8 Å². The van der Waals surface area contributed by atoms with Gasteiger partial charge in [0.05, 0.1) is 27.2 Å². The van der Waals surface area contributed by atoms with Crippen LogP contribution < -0.4 is 0 Å². The lowest BCUT2D eigenvalue weighted by atomic mass is 10.0. The standard InChI is InChI=1S/C18H20F3N3O3S2/c1-24-17(26)12(10-22-24)15(25)11-6-7-13(18(19,20)21)14(16(11)28-2)23-29(27)8-4-3-5-9-29/h6-7,10,26H,3-5,8-9H2,1-2H3. The topological polar surface area (TPSA) is 84.6 Å². The van der Waals surface area contributed by atoms with Crippen LogP contribution in [0.1, 0.15) is 40.7 Å². The zero-order valence-electron chi connectivity index (χ0n) is 15.8. The maximum Gasteiger partial charge on any atom is 0.418 e. The minimum absolute atomic E-state index is 0.0126. The number of aromatic hydroxyl groups is 1. The number of alkyl halides is 3. The first kappa shape index (κ1) is 21.7. The van der Waals surface area contributed by atoms with Crippen LogP contribution in [0.15, 0.2) is 27.6 Å². The summed E-state index contributed by atoms with van der Waals surface area (Å²) in [7, 11) is -1.40. The number of hydrogen-bond donors (Lipinski definition) is 1. The summed E-state index contributed by atoms with van der Waals surface area (Å²) >= 11 is 0.926. The van der Waals surface area contributed by atoms with Crippen molar-refractivity contribution in [3.63, 3.8) is 0 Å². The maximum absolute atomic E-state index is 13.7. The highest BCUT2D eigenvalue weighted by Crippen LogP contribution is 2.44. The smallest absolute Gasteiger partial charge is 0.418 e. The number of aryl methyl sites for hydroxylation is 1. The Morgan fingerprint density at radius 1 is 1.24 bits per heavy atom. The molecule has 1 aliphatic heterocycles. The van der Waals surface area contributed by atoms with Gasteiger partial charge < -0.3 is 5.11 Å². The van der Waals surface area contributed by atoms with Gasteiger partial charge in [-0.05, 0) is 31.2 Å². The third-order valence-corrected chi connectivity index (χ3v) is 7.91. The molecule has 0 amide bonds. The van der Waals surface area contributed by atoms with Gasteiger partial charge in [0.1, 0.15) is 5.56 Å². The quantitative estimate of drug-likeness (QED) is 0.555. The van der Waals surface area contributed by atoms with E-state index in [0.29, 0.717) is 12.8 Å². The molecule has 11 heteroatoms. The molecular weight excluding hydrogens is 427 g/mol. The fraction of sp³-hybridized carbons (Fsp3) is 0.444. The minimum atomic E-state index is -4.72. The lowest BCUT2D eigenvalue weighted by Gasteiger charge is -2.19. The number of ketones is 1. The summed E-state index contributed by atoms with van der Waals surface area (Å²) in [6, 6.07) is 1.85. The van der Waals surface area contributed by atoms with Gasteiger partial charge in [-0.1, -0.05) is 6.42 Å². The van der Waals surface area contributed by atoms with E-state index < -0.39 is 38.8 Å². The van der Waals surface area contributed by atoms with Crippen molar-refractivity contribution in [2.75, 3.05) is 17.8 Å². The van der Waals surface area contributed by atoms with Crippen molar-refractivity contribution in [3.8, 4) is 5.88 Å². The number of rotatable bonds is 4. The predicted molar refractivity (Wildman–Crippen MR) is 105 cm³/mol. The fourth-order valence-corrected chi connectivity index (χ4v) is 6.21. The van der Waals surface area contributed by atoms with Gasteiger partial charge in [-0.25, -0.2) is 8.89 Å². The van der Waals surface area contributed by atoms with Crippen molar-refractivity contribution in [1.82, 2.24) is 9.78 Å². The van der Waals surface area contributed by atoms with Crippen molar-refractivity contribution in [2.45, 2.75) is 30.3 Å². The van der Waals surface area contributed by atoms with E-state index in [-0.39, 0.29) is 27.5 Å². The van der Waals surface area contributed by atoms with Crippen molar-refractivity contribution in [2.24, 2.45) is 11.4 Å². The molecular formula is C18H20F3N3O3S2. The average molecular weight is 448 g/mol. The first-order valence-electron chi connectivity index (χ1n) is 8.84. The van der Waals surface area contributed by atoms with Crippen LogP contribution in [0.4, 0.5) is 18.9 Å². The molecule has 0 spiro atoms. The Kier molecular flexibility index (Phi) is 6.00. The molecule has 158 valence electrons. The summed E-state index contributed by atoms with van der Waals surface area (Å²) in [4.78, 5) is 12.9. The normalized spacial score (nSPS) is 16.6. The van der Waals surface area contributed by atoms with Gasteiger partial charge in [-0.3, -0.25) is 4.79 Å². The number of carbonyl (C=O) groups excluding carboxylic acids is 1. The van der Waals surface area contributed by atoms with E-state index in [4.69, 9.17) is 0 Å². The van der Waals surface area contributed by atoms with Crippen LogP contribution in [-0.4, -0.2) is 42.6 Å². The SMILES string of the molecule is CSc1c(C(=O)c2cnn(C)c2O)ccc(C(F)(F)F)c1N=S1(=O)CCCCC1. The second-order valence-corrected chi connectivity index (χ2v) is 10.1. The van der Waals surface area contributed by atoms with E-state index >= 15 is 0 Å².